The first kappa shape index (κ1) is 13.4. The fraction of sp³-hybridized carbons (Fsp3) is 0.0833. The zero-order valence-electron chi connectivity index (χ0n) is 8.81. The Morgan fingerprint density at radius 3 is 2.29 bits per heavy atom. The minimum atomic E-state index is -3.09. The Morgan fingerprint density at radius 2 is 1.71 bits per heavy atom. The number of nitrogens with two attached hydrogens (primary N) is 1. The third-order valence-electron chi connectivity index (χ3n) is 2.33. The highest BCUT2D eigenvalue weighted by molar-refractivity contribution is 5.85. The molecular formula is C12H11ClF2N2. The van der Waals surface area contributed by atoms with Gasteiger partial charge in [-0.05, 0) is 6.07 Å². The number of halogens is 3. The van der Waals surface area contributed by atoms with E-state index in [-0.39, 0.29) is 29.2 Å². The van der Waals surface area contributed by atoms with Crippen molar-refractivity contribution < 1.29 is 8.78 Å². The van der Waals surface area contributed by atoms with Gasteiger partial charge in [-0.2, -0.15) is 8.78 Å². The third-order valence-corrected chi connectivity index (χ3v) is 2.33. The number of benzene rings is 1. The van der Waals surface area contributed by atoms with Crippen LogP contribution in [0.1, 0.15) is 11.1 Å². The van der Waals surface area contributed by atoms with Gasteiger partial charge in [-0.1, -0.05) is 30.3 Å². The van der Waals surface area contributed by atoms with E-state index in [1.54, 1.807) is 18.2 Å². The normalized spacial score (nSPS) is 10.7. The number of hydrogen-bond acceptors (Lipinski definition) is 2. The highest BCUT2D eigenvalue weighted by Gasteiger charge is 2.35. The molecule has 0 saturated carbocycles. The van der Waals surface area contributed by atoms with Crippen LogP contribution in [0, 0.1) is 0 Å². The highest BCUT2D eigenvalue weighted by atomic mass is 35.5. The number of pyridine rings is 1. The largest absolute Gasteiger partial charge is 0.397 e. The molecule has 0 radical (unpaired) electrons. The van der Waals surface area contributed by atoms with E-state index in [0.717, 1.165) is 0 Å². The Balaban J connectivity index is 0.00000144. The summed E-state index contributed by atoms with van der Waals surface area (Å²) in [6.07, 6.45) is 2.54. The quantitative estimate of drug-likeness (QED) is 0.896. The first-order valence-corrected chi connectivity index (χ1v) is 4.75. The van der Waals surface area contributed by atoms with E-state index in [9.17, 15) is 8.78 Å². The summed E-state index contributed by atoms with van der Waals surface area (Å²) < 4.78 is 28.1. The van der Waals surface area contributed by atoms with Crippen LogP contribution >= 0.6 is 12.4 Å². The van der Waals surface area contributed by atoms with Crippen LogP contribution in [0.15, 0.2) is 48.8 Å². The maximum atomic E-state index is 14.0. The molecule has 0 aliphatic carbocycles. The average molecular weight is 257 g/mol. The van der Waals surface area contributed by atoms with E-state index in [1.807, 2.05) is 0 Å². The summed E-state index contributed by atoms with van der Waals surface area (Å²) in [6.45, 7) is 0. The summed E-state index contributed by atoms with van der Waals surface area (Å²) in [7, 11) is 0. The molecule has 90 valence electrons. The summed E-state index contributed by atoms with van der Waals surface area (Å²) in [4.78, 5) is 3.69. The fourth-order valence-corrected chi connectivity index (χ4v) is 1.50. The Morgan fingerprint density at radius 1 is 1.06 bits per heavy atom. The Bertz CT molecular complexity index is 489. The summed E-state index contributed by atoms with van der Waals surface area (Å²) in [6, 6.07) is 8.82. The lowest BCUT2D eigenvalue weighted by Crippen LogP contribution is -2.17. The molecule has 17 heavy (non-hydrogen) atoms. The maximum Gasteiger partial charge on any atom is 0.300 e. The lowest BCUT2D eigenvalue weighted by molar-refractivity contribution is 0.0436. The highest BCUT2D eigenvalue weighted by Crippen LogP contribution is 2.37. The minimum Gasteiger partial charge on any atom is -0.397 e. The smallest absolute Gasteiger partial charge is 0.300 e. The fourth-order valence-electron chi connectivity index (χ4n) is 1.50. The second-order valence-electron chi connectivity index (χ2n) is 3.40. The molecule has 2 rings (SSSR count). The van der Waals surface area contributed by atoms with Gasteiger partial charge in [-0.3, -0.25) is 4.98 Å². The van der Waals surface area contributed by atoms with Gasteiger partial charge in [-0.15, -0.1) is 12.4 Å². The van der Waals surface area contributed by atoms with Crippen molar-refractivity contribution in [2.24, 2.45) is 0 Å². The molecule has 0 unspecified atom stereocenters. The molecule has 2 nitrogen and oxygen atoms in total. The lowest BCUT2D eigenvalue weighted by atomic mass is 10.0. The summed E-state index contributed by atoms with van der Waals surface area (Å²) >= 11 is 0. The van der Waals surface area contributed by atoms with Gasteiger partial charge in [0, 0.05) is 11.8 Å². The van der Waals surface area contributed by atoms with E-state index >= 15 is 0 Å². The molecule has 1 heterocycles. The minimum absolute atomic E-state index is 0. The number of rotatable bonds is 2. The molecule has 0 saturated heterocycles. The van der Waals surface area contributed by atoms with Crippen LogP contribution in [0.25, 0.3) is 0 Å². The summed E-state index contributed by atoms with van der Waals surface area (Å²) in [5.41, 5.74) is 5.21. The average Bonchev–Trinajstić information content (AvgIpc) is 2.30. The van der Waals surface area contributed by atoms with Gasteiger partial charge in [-0.25, -0.2) is 0 Å². The van der Waals surface area contributed by atoms with Gasteiger partial charge < -0.3 is 5.73 Å². The van der Waals surface area contributed by atoms with E-state index in [4.69, 9.17) is 5.73 Å². The molecule has 0 spiro atoms. The SMILES string of the molecule is Cl.Nc1cnccc1C(F)(F)c1ccccc1. The Hall–Kier alpha value is -1.68. The first-order chi connectivity index (χ1) is 7.62. The van der Waals surface area contributed by atoms with E-state index in [2.05, 4.69) is 4.98 Å². The standard InChI is InChI=1S/C12H10F2N2.ClH/c13-12(14,9-4-2-1-3-5-9)10-6-7-16-8-11(10)15;/h1-8H,15H2;1H. The predicted octanol–water partition coefficient (Wildman–Crippen LogP) is 3.23. The second kappa shape index (κ2) is 5.10. The Labute approximate surface area is 104 Å². The monoisotopic (exact) mass is 256 g/mol. The number of nitrogen functional groups attached to an aromatic ring is 1. The molecule has 0 aliphatic rings. The summed E-state index contributed by atoms with van der Waals surface area (Å²) in [5.74, 6) is -3.09. The van der Waals surface area contributed by atoms with Crippen molar-refractivity contribution in [2.45, 2.75) is 5.92 Å². The zero-order chi connectivity index (χ0) is 11.6. The molecule has 5 heteroatoms. The van der Waals surface area contributed by atoms with Gasteiger partial charge >= 0.3 is 5.92 Å². The second-order valence-corrected chi connectivity index (χ2v) is 3.40. The predicted molar refractivity (Wildman–Crippen MR) is 65.3 cm³/mol. The van der Waals surface area contributed by atoms with Crippen molar-refractivity contribution in [1.82, 2.24) is 4.98 Å². The summed E-state index contributed by atoms with van der Waals surface area (Å²) in [5, 5.41) is 0. The molecule has 1 aromatic heterocycles. The van der Waals surface area contributed by atoms with Crippen LogP contribution in [0.5, 0.6) is 0 Å². The number of aromatic nitrogens is 1. The Kier molecular flexibility index (Phi) is 4.02. The molecule has 2 aromatic rings. The molecule has 2 N–H and O–H groups in total. The lowest BCUT2D eigenvalue weighted by Gasteiger charge is -2.18. The topological polar surface area (TPSA) is 38.9 Å². The number of nitrogens with zero attached hydrogens (tertiary/aromatic N) is 1. The van der Waals surface area contributed by atoms with E-state index in [1.165, 1.54) is 30.6 Å². The first-order valence-electron chi connectivity index (χ1n) is 4.75. The third kappa shape index (κ3) is 2.53. The van der Waals surface area contributed by atoms with Crippen molar-refractivity contribution >= 4 is 18.1 Å². The molecule has 0 bridgehead atoms. The molecule has 0 aliphatic heterocycles. The molecule has 0 amide bonds. The molecule has 0 fully saturated rings. The number of alkyl halides is 2. The van der Waals surface area contributed by atoms with E-state index < -0.39 is 5.92 Å². The van der Waals surface area contributed by atoms with Crippen molar-refractivity contribution in [3.8, 4) is 0 Å². The van der Waals surface area contributed by atoms with Crippen LogP contribution in [0.3, 0.4) is 0 Å². The van der Waals surface area contributed by atoms with Crippen LogP contribution in [-0.2, 0) is 5.92 Å². The van der Waals surface area contributed by atoms with Crippen molar-refractivity contribution in [1.29, 1.82) is 0 Å². The van der Waals surface area contributed by atoms with Crippen LogP contribution < -0.4 is 5.73 Å². The van der Waals surface area contributed by atoms with Crippen molar-refractivity contribution in [2.75, 3.05) is 5.73 Å². The molecule has 0 atom stereocenters. The van der Waals surface area contributed by atoms with Gasteiger partial charge in [0.25, 0.3) is 0 Å². The van der Waals surface area contributed by atoms with Gasteiger partial charge in [0.1, 0.15) is 0 Å². The van der Waals surface area contributed by atoms with Crippen LogP contribution in [-0.4, -0.2) is 4.98 Å². The van der Waals surface area contributed by atoms with Gasteiger partial charge in [0.2, 0.25) is 0 Å². The van der Waals surface area contributed by atoms with Crippen molar-refractivity contribution in [3.63, 3.8) is 0 Å². The van der Waals surface area contributed by atoms with Crippen molar-refractivity contribution in [3.05, 3.63) is 59.9 Å². The van der Waals surface area contributed by atoms with Gasteiger partial charge in [0.05, 0.1) is 17.4 Å². The molecular weight excluding hydrogens is 246 g/mol. The number of hydrogen-bond donors (Lipinski definition) is 1. The maximum absolute atomic E-state index is 14.0. The van der Waals surface area contributed by atoms with Crippen LogP contribution in [0.4, 0.5) is 14.5 Å². The van der Waals surface area contributed by atoms with Crippen LogP contribution in [0.2, 0.25) is 0 Å². The molecule has 1 aromatic carbocycles. The zero-order valence-corrected chi connectivity index (χ0v) is 9.62. The van der Waals surface area contributed by atoms with Gasteiger partial charge in [0.15, 0.2) is 0 Å². The number of anilines is 1. The van der Waals surface area contributed by atoms with E-state index in [0.29, 0.717) is 0 Å².